The summed E-state index contributed by atoms with van der Waals surface area (Å²) in [6.07, 6.45) is 11.0. The van der Waals surface area contributed by atoms with Crippen molar-refractivity contribution >= 4 is 23.5 Å². The van der Waals surface area contributed by atoms with E-state index < -0.39 is 17.3 Å². The van der Waals surface area contributed by atoms with E-state index in [1.165, 1.54) is 37.4 Å². The standard InChI is InChI=1S/C22H34O5S/c1-2-3-4-5-6-7-10-17-13-14-19(24)18(17)11-8-9-12-20(28-16-15-23)21(25)22(26)27/h7,10,17-18,20-21,23,25H,2-6,11-16H2,1H3,(H,26,27)/t17-,18+,20?,21?/m0/s1. The van der Waals surface area contributed by atoms with Gasteiger partial charge < -0.3 is 15.3 Å². The molecular formula is C22H34O5S. The molecule has 1 aliphatic carbocycles. The summed E-state index contributed by atoms with van der Waals surface area (Å²) in [5.74, 6) is 5.45. The third-order valence-electron chi connectivity index (χ3n) is 5.04. The van der Waals surface area contributed by atoms with Crippen LogP contribution in [0.25, 0.3) is 0 Å². The lowest BCUT2D eigenvalue weighted by atomic mass is 9.91. The van der Waals surface area contributed by atoms with Crippen molar-refractivity contribution in [1.29, 1.82) is 0 Å². The van der Waals surface area contributed by atoms with Crippen molar-refractivity contribution in [1.82, 2.24) is 0 Å². The van der Waals surface area contributed by atoms with Crippen LogP contribution in [0.3, 0.4) is 0 Å². The maximum Gasteiger partial charge on any atom is 0.333 e. The van der Waals surface area contributed by atoms with Crippen LogP contribution in [0.2, 0.25) is 0 Å². The van der Waals surface area contributed by atoms with Crippen LogP contribution in [0.4, 0.5) is 0 Å². The smallest absolute Gasteiger partial charge is 0.333 e. The van der Waals surface area contributed by atoms with Gasteiger partial charge in [-0.25, -0.2) is 4.79 Å². The number of thioether (sulfide) groups is 1. The molecule has 0 aromatic rings. The Balaban J connectivity index is 2.52. The fraction of sp³-hybridized carbons (Fsp3) is 0.727. The van der Waals surface area contributed by atoms with Gasteiger partial charge in [-0.3, -0.25) is 4.79 Å². The lowest BCUT2D eigenvalue weighted by Crippen LogP contribution is -2.31. The molecule has 0 saturated heterocycles. The molecule has 6 heteroatoms. The number of ketones is 1. The summed E-state index contributed by atoms with van der Waals surface area (Å²) >= 11 is 1.20. The van der Waals surface area contributed by atoms with Gasteiger partial charge >= 0.3 is 5.97 Å². The topological polar surface area (TPSA) is 94.8 Å². The average molecular weight is 411 g/mol. The SMILES string of the molecule is CCCCCCC=C[C@H]1CCC(=O)[C@@H]1CC#CCC(SCCO)C(O)C(=O)O. The minimum Gasteiger partial charge on any atom is -0.479 e. The quantitative estimate of drug-likeness (QED) is 0.245. The van der Waals surface area contributed by atoms with Gasteiger partial charge in [0.1, 0.15) is 5.78 Å². The number of hydrogen-bond acceptors (Lipinski definition) is 5. The fourth-order valence-corrected chi connectivity index (χ4v) is 4.28. The fourth-order valence-electron chi connectivity index (χ4n) is 3.37. The first-order valence-electron chi connectivity index (χ1n) is 10.3. The minimum absolute atomic E-state index is 0.0765. The molecule has 0 amide bonds. The van der Waals surface area contributed by atoms with Crippen molar-refractivity contribution in [2.75, 3.05) is 12.4 Å². The van der Waals surface area contributed by atoms with Crippen molar-refractivity contribution in [3.05, 3.63) is 12.2 Å². The maximum absolute atomic E-state index is 12.2. The van der Waals surface area contributed by atoms with E-state index >= 15 is 0 Å². The van der Waals surface area contributed by atoms with E-state index in [2.05, 4.69) is 30.9 Å². The maximum atomic E-state index is 12.2. The van der Waals surface area contributed by atoms with Crippen LogP contribution in [0.1, 0.15) is 64.7 Å². The van der Waals surface area contributed by atoms with E-state index in [1.807, 2.05) is 0 Å². The number of carboxylic acids is 1. The van der Waals surface area contributed by atoms with E-state index in [0.717, 1.165) is 12.8 Å². The van der Waals surface area contributed by atoms with Gasteiger partial charge in [-0.1, -0.05) is 38.3 Å². The Morgan fingerprint density at radius 1 is 1.32 bits per heavy atom. The number of aliphatic hydroxyl groups is 2. The highest BCUT2D eigenvalue weighted by Crippen LogP contribution is 2.32. The normalized spacial score (nSPS) is 21.5. The van der Waals surface area contributed by atoms with E-state index in [0.29, 0.717) is 18.6 Å². The largest absolute Gasteiger partial charge is 0.479 e. The van der Waals surface area contributed by atoms with Gasteiger partial charge in [0.2, 0.25) is 0 Å². The zero-order chi connectivity index (χ0) is 20.8. The number of Topliss-reactive ketones (excluding diaryl/α,β-unsaturated/α-hetero) is 1. The van der Waals surface area contributed by atoms with Gasteiger partial charge in [-0.15, -0.1) is 11.8 Å². The highest BCUT2D eigenvalue weighted by Gasteiger charge is 2.32. The lowest BCUT2D eigenvalue weighted by Gasteiger charge is -2.16. The van der Waals surface area contributed by atoms with Crippen LogP contribution >= 0.6 is 11.8 Å². The molecule has 4 atom stereocenters. The predicted octanol–water partition coefficient (Wildman–Crippen LogP) is 3.43. The first-order chi connectivity index (χ1) is 13.5. The molecular weight excluding hydrogens is 376 g/mol. The molecule has 0 bridgehead atoms. The van der Waals surface area contributed by atoms with Crippen LogP contribution < -0.4 is 0 Å². The summed E-state index contributed by atoms with van der Waals surface area (Å²) in [6, 6.07) is 0. The monoisotopic (exact) mass is 410 g/mol. The van der Waals surface area contributed by atoms with Crippen LogP contribution in [-0.4, -0.2) is 50.8 Å². The third-order valence-corrected chi connectivity index (χ3v) is 6.31. The van der Waals surface area contributed by atoms with Gasteiger partial charge in [-0.2, -0.15) is 11.8 Å². The molecule has 1 fully saturated rings. The van der Waals surface area contributed by atoms with Crippen molar-refractivity contribution in [2.45, 2.75) is 76.1 Å². The van der Waals surface area contributed by atoms with Crippen LogP contribution in [-0.2, 0) is 9.59 Å². The second-order valence-corrected chi connectivity index (χ2v) is 8.58. The van der Waals surface area contributed by atoms with Crippen molar-refractivity contribution < 1.29 is 24.9 Å². The summed E-state index contributed by atoms with van der Waals surface area (Å²) < 4.78 is 0. The first kappa shape index (κ1) is 24.7. The Hall–Kier alpha value is -1.29. The van der Waals surface area contributed by atoms with Gasteiger partial charge in [0, 0.05) is 30.9 Å². The molecule has 0 aromatic carbocycles. The molecule has 28 heavy (non-hydrogen) atoms. The number of aliphatic carboxylic acids is 1. The summed E-state index contributed by atoms with van der Waals surface area (Å²) in [7, 11) is 0. The molecule has 1 saturated carbocycles. The Labute approximate surface area is 173 Å². The van der Waals surface area contributed by atoms with Gasteiger partial charge in [0.25, 0.3) is 0 Å². The third kappa shape index (κ3) is 9.27. The van der Waals surface area contributed by atoms with Gasteiger partial charge in [0.15, 0.2) is 6.10 Å². The van der Waals surface area contributed by atoms with Gasteiger partial charge in [-0.05, 0) is 25.2 Å². The number of carbonyl (C=O) groups excluding carboxylic acids is 1. The second kappa shape index (κ2) is 14.7. The summed E-state index contributed by atoms with van der Waals surface area (Å²) in [6.45, 7) is 2.12. The van der Waals surface area contributed by atoms with Crippen LogP contribution in [0, 0.1) is 23.7 Å². The van der Waals surface area contributed by atoms with Crippen LogP contribution in [0.5, 0.6) is 0 Å². The van der Waals surface area contributed by atoms with Gasteiger partial charge in [0.05, 0.1) is 11.9 Å². The molecule has 0 radical (unpaired) electrons. The number of hydrogen-bond donors (Lipinski definition) is 3. The van der Waals surface area contributed by atoms with Crippen LogP contribution in [0.15, 0.2) is 12.2 Å². The Bertz CT molecular complexity index is 563. The molecule has 2 unspecified atom stereocenters. The van der Waals surface area contributed by atoms with E-state index in [4.69, 9.17) is 10.2 Å². The highest BCUT2D eigenvalue weighted by molar-refractivity contribution is 8.00. The lowest BCUT2D eigenvalue weighted by molar-refractivity contribution is -0.146. The molecule has 1 aliphatic rings. The second-order valence-electron chi connectivity index (χ2n) is 7.23. The average Bonchev–Trinajstić information content (AvgIpc) is 3.03. The zero-order valence-corrected chi connectivity index (χ0v) is 17.6. The summed E-state index contributed by atoms with van der Waals surface area (Å²) in [5, 5.41) is 27.0. The van der Waals surface area contributed by atoms with Crippen molar-refractivity contribution in [2.24, 2.45) is 11.8 Å². The van der Waals surface area contributed by atoms with Crippen molar-refractivity contribution in [3.63, 3.8) is 0 Å². The zero-order valence-electron chi connectivity index (χ0n) is 16.8. The molecule has 1 rings (SSSR count). The highest BCUT2D eigenvalue weighted by atomic mass is 32.2. The Morgan fingerprint density at radius 2 is 2.11 bits per heavy atom. The van der Waals surface area contributed by atoms with Crippen molar-refractivity contribution in [3.8, 4) is 11.8 Å². The number of carbonyl (C=O) groups is 2. The number of aliphatic hydroxyl groups excluding tert-OH is 2. The number of carboxylic acid groups (broad SMARTS) is 1. The van der Waals surface area contributed by atoms with E-state index in [9.17, 15) is 14.7 Å². The Kier molecular flexibility index (Phi) is 13.0. The molecule has 0 aliphatic heterocycles. The molecule has 3 N–H and O–H groups in total. The molecule has 158 valence electrons. The minimum atomic E-state index is -1.51. The summed E-state index contributed by atoms with van der Waals surface area (Å²) in [5.41, 5.74) is 0. The number of rotatable bonds is 13. The summed E-state index contributed by atoms with van der Waals surface area (Å²) in [4.78, 5) is 23.2. The Morgan fingerprint density at radius 3 is 2.79 bits per heavy atom. The predicted molar refractivity (Wildman–Crippen MR) is 113 cm³/mol. The number of unbranched alkanes of at least 4 members (excludes halogenated alkanes) is 4. The molecule has 5 nitrogen and oxygen atoms in total. The molecule has 0 heterocycles. The molecule has 0 aromatic heterocycles. The van der Waals surface area contributed by atoms with E-state index in [-0.39, 0.29) is 30.6 Å². The first-order valence-corrected chi connectivity index (χ1v) is 11.3. The van der Waals surface area contributed by atoms with E-state index in [1.54, 1.807) is 0 Å². The number of allylic oxidation sites excluding steroid dienone is 2. The molecule has 0 spiro atoms.